The van der Waals surface area contributed by atoms with E-state index in [1.54, 1.807) is 6.07 Å². The first-order valence-corrected chi connectivity index (χ1v) is 7.41. The van der Waals surface area contributed by atoms with Gasteiger partial charge in [-0.3, -0.25) is 0 Å². The molecular formula is C15H22ClNO3. The first-order chi connectivity index (χ1) is 9.65. The maximum atomic E-state index is 9.94. The van der Waals surface area contributed by atoms with Gasteiger partial charge in [-0.2, -0.15) is 0 Å². The Hall–Kier alpha value is -0.810. The third-order valence-corrected chi connectivity index (χ3v) is 3.67. The van der Waals surface area contributed by atoms with E-state index in [0.29, 0.717) is 17.6 Å². The van der Waals surface area contributed by atoms with Crippen LogP contribution in [0.1, 0.15) is 18.4 Å². The van der Waals surface area contributed by atoms with Gasteiger partial charge in [0.1, 0.15) is 18.5 Å². The Kier molecular flexibility index (Phi) is 6.10. The van der Waals surface area contributed by atoms with Crippen LogP contribution in [0.25, 0.3) is 0 Å². The van der Waals surface area contributed by atoms with Gasteiger partial charge in [0.2, 0.25) is 0 Å². The van der Waals surface area contributed by atoms with E-state index < -0.39 is 6.10 Å². The molecule has 1 unspecified atom stereocenters. The molecule has 1 saturated heterocycles. The summed E-state index contributed by atoms with van der Waals surface area (Å²) in [7, 11) is 0. The van der Waals surface area contributed by atoms with Crippen molar-refractivity contribution in [3.05, 3.63) is 28.8 Å². The first-order valence-electron chi connectivity index (χ1n) is 7.03. The predicted octanol–water partition coefficient (Wildman–Crippen LogP) is 2.16. The molecule has 4 nitrogen and oxygen atoms in total. The second kappa shape index (κ2) is 7.84. The molecule has 20 heavy (non-hydrogen) atoms. The largest absolute Gasteiger partial charge is 0.491 e. The number of aliphatic hydroxyl groups excluding tert-OH is 1. The van der Waals surface area contributed by atoms with E-state index in [1.165, 1.54) is 0 Å². The van der Waals surface area contributed by atoms with Gasteiger partial charge in [-0.15, -0.1) is 0 Å². The highest BCUT2D eigenvalue weighted by Crippen LogP contribution is 2.21. The van der Waals surface area contributed by atoms with Gasteiger partial charge >= 0.3 is 0 Å². The molecule has 5 heteroatoms. The fourth-order valence-corrected chi connectivity index (χ4v) is 2.45. The van der Waals surface area contributed by atoms with Crippen molar-refractivity contribution >= 4 is 11.6 Å². The number of halogens is 1. The molecule has 112 valence electrons. The minimum atomic E-state index is -0.520. The van der Waals surface area contributed by atoms with E-state index in [-0.39, 0.29) is 6.61 Å². The highest BCUT2D eigenvalue weighted by atomic mass is 35.5. The summed E-state index contributed by atoms with van der Waals surface area (Å²) in [4.78, 5) is 0. The zero-order valence-corrected chi connectivity index (χ0v) is 12.5. The minimum Gasteiger partial charge on any atom is -0.491 e. The van der Waals surface area contributed by atoms with Crippen molar-refractivity contribution in [1.29, 1.82) is 0 Å². The van der Waals surface area contributed by atoms with Crippen LogP contribution in [-0.2, 0) is 4.74 Å². The standard InChI is InChI=1S/C15H22ClNO3/c1-11-8-12(16)2-3-15(11)20-10-14(18)9-17-13-4-6-19-7-5-13/h2-3,8,13-14,17-18H,4-7,9-10H2,1H3. The first kappa shape index (κ1) is 15.6. The zero-order chi connectivity index (χ0) is 14.4. The molecule has 0 radical (unpaired) electrons. The summed E-state index contributed by atoms with van der Waals surface area (Å²) in [6.45, 7) is 4.35. The zero-order valence-electron chi connectivity index (χ0n) is 11.8. The number of aryl methyl sites for hydroxylation is 1. The molecule has 2 rings (SSSR count). The molecule has 0 spiro atoms. The van der Waals surface area contributed by atoms with Crippen LogP contribution in [0.4, 0.5) is 0 Å². The quantitative estimate of drug-likeness (QED) is 0.845. The maximum Gasteiger partial charge on any atom is 0.122 e. The Bertz CT molecular complexity index is 422. The van der Waals surface area contributed by atoms with E-state index in [9.17, 15) is 5.11 Å². The summed E-state index contributed by atoms with van der Waals surface area (Å²) < 4.78 is 10.9. The molecule has 1 aromatic carbocycles. The van der Waals surface area contributed by atoms with Crippen LogP contribution in [0, 0.1) is 6.92 Å². The summed E-state index contributed by atoms with van der Waals surface area (Å²) >= 11 is 5.89. The second-order valence-corrected chi connectivity index (χ2v) is 5.61. The number of rotatable bonds is 6. The number of benzene rings is 1. The Morgan fingerprint density at radius 3 is 2.90 bits per heavy atom. The summed E-state index contributed by atoms with van der Waals surface area (Å²) in [5, 5.41) is 14.0. The van der Waals surface area contributed by atoms with Gasteiger partial charge in [0.25, 0.3) is 0 Å². The molecule has 1 aromatic rings. The molecule has 1 aliphatic rings. The summed E-state index contributed by atoms with van der Waals surface area (Å²) in [5.41, 5.74) is 0.974. The molecule has 0 aliphatic carbocycles. The Morgan fingerprint density at radius 1 is 1.45 bits per heavy atom. The van der Waals surface area contributed by atoms with Crippen molar-refractivity contribution in [3.63, 3.8) is 0 Å². The highest BCUT2D eigenvalue weighted by Gasteiger charge is 2.15. The highest BCUT2D eigenvalue weighted by molar-refractivity contribution is 6.30. The van der Waals surface area contributed by atoms with Gasteiger partial charge in [0, 0.05) is 30.8 Å². The monoisotopic (exact) mass is 299 g/mol. The average molecular weight is 300 g/mol. The molecule has 0 aromatic heterocycles. The lowest BCUT2D eigenvalue weighted by atomic mass is 10.1. The van der Waals surface area contributed by atoms with Crippen LogP contribution in [0.15, 0.2) is 18.2 Å². The fraction of sp³-hybridized carbons (Fsp3) is 0.600. The van der Waals surface area contributed by atoms with Crippen molar-refractivity contribution < 1.29 is 14.6 Å². The lowest BCUT2D eigenvalue weighted by Gasteiger charge is -2.24. The molecule has 0 amide bonds. The van der Waals surface area contributed by atoms with Crippen LogP contribution in [0.2, 0.25) is 5.02 Å². The summed E-state index contributed by atoms with van der Waals surface area (Å²) in [5.74, 6) is 0.763. The van der Waals surface area contributed by atoms with Crippen LogP contribution in [-0.4, -0.2) is 43.6 Å². The van der Waals surface area contributed by atoms with E-state index in [4.69, 9.17) is 21.1 Å². The fourth-order valence-electron chi connectivity index (χ4n) is 2.22. The lowest BCUT2D eigenvalue weighted by Crippen LogP contribution is -2.40. The lowest BCUT2D eigenvalue weighted by molar-refractivity contribution is 0.0654. The van der Waals surface area contributed by atoms with Gasteiger partial charge < -0.3 is 19.9 Å². The summed E-state index contributed by atoms with van der Waals surface area (Å²) in [6, 6.07) is 5.91. The Labute approximate surface area is 125 Å². The van der Waals surface area contributed by atoms with Crippen LogP contribution in [0.5, 0.6) is 5.75 Å². The maximum absolute atomic E-state index is 9.94. The van der Waals surface area contributed by atoms with E-state index in [2.05, 4.69) is 5.32 Å². The van der Waals surface area contributed by atoms with Gasteiger partial charge in [0.15, 0.2) is 0 Å². The van der Waals surface area contributed by atoms with Crippen molar-refractivity contribution in [1.82, 2.24) is 5.32 Å². The number of aliphatic hydroxyl groups is 1. The summed E-state index contributed by atoms with van der Waals surface area (Å²) in [6.07, 6.45) is 1.49. The van der Waals surface area contributed by atoms with Crippen LogP contribution >= 0.6 is 11.6 Å². The van der Waals surface area contributed by atoms with Crippen molar-refractivity contribution in [2.24, 2.45) is 0 Å². The molecular weight excluding hydrogens is 278 g/mol. The Balaban J connectivity index is 1.70. The number of hydrogen-bond donors (Lipinski definition) is 2. The molecule has 0 bridgehead atoms. The van der Waals surface area contributed by atoms with E-state index in [0.717, 1.165) is 37.4 Å². The van der Waals surface area contributed by atoms with Crippen molar-refractivity contribution in [2.75, 3.05) is 26.4 Å². The normalized spacial score (nSPS) is 17.9. The smallest absolute Gasteiger partial charge is 0.122 e. The molecule has 2 N–H and O–H groups in total. The molecule has 1 aliphatic heterocycles. The van der Waals surface area contributed by atoms with E-state index in [1.807, 2.05) is 19.1 Å². The molecule has 1 atom stereocenters. The minimum absolute atomic E-state index is 0.276. The van der Waals surface area contributed by atoms with E-state index >= 15 is 0 Å². The molecule has 1 fully saturated rings. The second-order valence-electron chi connectivity index (χ2n) is 5.17. The SMILES string of the molecule is Cc1cc(Cl)ccc1OCC(O)CNC1CCOCC1. The van der Waals surface area contributed by atoms with Gasteiger partial charge in [-0.05, 0) is 43.5 Å². The number of nitrogens with one attached hydrogen (secondary N) is 1. The third-order valence-electron chi connectivity index (χ3n) is 3.43. The van der Waals surface area contributed by atoms with Gasteiger partial charge in [-0.25, -0.2) is 0 Å². The molecule has 1 heterocycles. The van der Waals surface area contributed by atoms with Crippen LogP contribution in [0.3, 0.4) is 0 Å². The Morgan fingerprint density at radius 2 is 2.20 bits per heavy atom. The van der Waals surface area contributed by atoms with Crippen LogP contribution < -0.4 is 10.1 Å². The predicted molar refractivity (Wildman–Crippen MR) is 79.5 cm³/mol. The number of ether oxygens (including phenoxy) is 2. The van der Waals surface area contributed by atoms with Crippen molar-refractivity contribution in [3.8, 4) is 5.75 Å². The topological polar surface area (TPSA) is 50.7 Å². The third kappa shape index (κ3) is 4.94. The van der Waals surface area contributed by atoms with Gasteiger partial charge in [-0.1, -0.05) is 11.6 Å². The van der Waals surface area contributed by atoms with Crippen molar-refractivity contribution in [2.45, 2.75) is 31.9 Å². The number of hydrogen-bond acceptors (Lipinski definition) is 4. The average Bonchev–Trinajstić information content (AvgIpc) is 2.45. The van der Waals surface area contributed by atoms with Gasteiger partial charge in [0.05, 0.1) is 0 Å². The molecule has 0 saturated carbocycles.